The van der Waals surface area contributed by atoms with E-state index in [2.05, 4.69) is 22.4 Å². The topological polar surface area (TPSA) is 41.5 Å². The van der Waals surface area contributed by atoms with Crippen LogP contribution in [0.4, 0.5) is 5.69 Å². The van der Waals surface area contributed by atoms with E-state index in [0.717, 1.165) is 39.6 Å². The van der Waals surface area contributed by atoms with Crippen LogP contribution in [0.5, 0.6) is 0 Å². The van der Waals surface area contributed by atoms with Crippen molar-refractivity contribution in [3.63, 3.8) is 0 Å². The van der Waals surface area contributed by atoms with Crippen LogP contribution in [0.25, 0.3) is 10.8 Å². The molecule has 2 aromatic carbocycles. The summed E-state index contributed by atoms with van der Waals surface area (Å²) in [4.78, 5) is 17.0. The van der Waals surface area contributed by atoms with Crippen LogP contribution < -0.4 is 5.32 Å². The summed E-state index contributed by atoms with van der Waals surface area (Å²) < 4.78 is 1.04. The number of fused-ring (bicyclic) bond motifs is 1. The van der Waals surface area contributed by atoms with Gasteiger partial charge in [-0.2, -0.15) is 0 Å². The molecule has 22 heavy (non-hydrogen) atoms. The summed E-state index contributed by atoms with van der Waals surface area (Å²) in [6.45, 7) is 2.91. The van der Waals surface area contributed by atoms with E-state index in [1.165, 1.54) is 0 Å². The maximum absolute atomic E-state index is 12.6. The van der Waals surface area contributed by atoms with Crippen LogP contribution >= 0.6 is 23.5 Å². The molecule has 1 aliphatic heterocycles. The Kier molecular flexibility index (Phi) is 5.05. The lowest BCUT2D eigenvalue weighted by Gasteiger charge is -2.15. The molecule has 1 aliphatic rings. The molecule has 1 amide bonds. The summed E-state index contributed by atoms with van der Waals surface area (Å²) >= 11 is 3.33. The second-order valence-electron chi connectivity index (χ2n) is 5.03. The van der Waals surface area contributed by atoms with Crippen LogP contribution in [0.2, 0.25) is 0 Å². The Balaban J connectivity index is 1.76. The van der Waals surface area contributed by atoms with Crippen molar-refractivity contribution in [3.05, 3.63) is 42.5 Å². The van der Waals surface area contributed by atoms with Gasteiger partial charge in [0.25, 0.3) is 0 Å². The SMILES string of the molecule is CCC(SC1=NCCS1)C(=O)Nc1cccc2ccccc12. The monoisotopic (exact) mass is 330 g/mol. The number of rotatable bonds is 4. The Hall–Kier alpha value is -1.46. The van der Waals surface area contributed by atoms with Gasteiger partial charge in [0, 0.05) is 16.8 Å². The van der Waals surface area contributed by atoms with E-state index < -0.39 is 0 Å². The molecule has 0 saturated carbocycles. The second kappa shape index (κ2) is 7.20. The highest BCUT2D eigenvalue weighted by Crippen LogP contribution is 2.29. The minimum atomic E-state index is -0.0941. The fourth-order valence-corrected chi connectivity index (χ4v) is 4.53. The third kappa shape index (κ3) is 3.47. The molecular weight excluding hydrogens is 312 g/mol. The van der Waals surface area contributed by atoms with Crippen LogP contribution in [-0.2, 0) is 4.79 Å². The molecular formula is C17H18N2OS2. The van der Waals surface area contributed by atoms with E-state index in [0.29, 0.717) is 0 Å². The van der Waals surface area contributed by atoms with Crippen LogP contribution in [0.1, 0.15) is 13.3 Å². The molecule has 1 heterocycles. The molecule has 1 atom stereocenters. The van der Waals surface area contributed by atoms with Crippen LogP contribution in [0, 0.1) is 0 Å². The molecule has 3 rings (SSSR count). The fraction of sp³-hybridized carbons (Fsp3) is 0.294. The van der Waals surface area contributed by atoms with Crippen molar-refractivity contribution in [2.75, 3.05) is 17.6 Å². The normalized spacial score (nSPS) is 15.6. The van der Waals surface area contributed by atoms with Gasteiger partial charge >= 0.3 is 0 Å². The summed E-state index contributed by atoms with van der Waals surface area (Å²) in [5.41, 5.74) is 0.878. The number of amides is 1. The van der Waals surface area contributed by atoms with Crippen molar-refractivity contribution in [1.29, 1.82) is 0 Å². The number of carbonyl (C=O) groups is 1. The average Bonchev–Trinajstić information content (AvgIpc) is 3.06. The van der Waals surface area contributed by atoms with Gasteiger partial charge in [-0.1, -0.05) is 66.8 Å². The van der Waals surface area contributed by atoms with Gasteiger partial charge < -0.3 is 5.32 Å². The molecule has 2 aromatic rings. The summed E-state index contributed by atoms with van der Waals surface area (Å²) in [6.07, 6.45) is 0.793. The predicted octanol–water partition coefficient (Wildman–Crippen LogP) is 4.39. The molecule has 114 valence electrons. The summed E-state index contributed by atoms with van der Waals surface area (Å²) in [5.74, 6) is 1.09. The summed E-state index contributed by atoms with van der Waals surface area (Å²) in [7, 11) is 0. The highest BCUT2D eigenvalue weighted by Gasteiger charge is 2.22. The first kappa shape index (κ1) is 15.4. The number of carbonyl (C=O) groups excluding carboxylic acids is 1. The van der Waals surface area contributed by atoms with E-state index >= 15 is 0 Å². The molecule has 0 bridgehead atoms. The van der Waals surface area contributed by atoms with Gasteiger partial charge in [-0.25, -0.2) is 0 Å². The lowest BCUT2D eigenvalue weighted by Crippen LogP contribution is -2.25. The summed E-state index contributed by atoms with van der Waals surface area (Å²) in [5, 5.41) is 5.20. The zero-order valence-corrected chi connectivity index (χ0v) is 14.0. The number of benzene rings is 2. The van der Waals surface area contributed by atoms with E-state index in [1.807, 2.05) is 37.3 Å². The summed E-state index contributed by atoms with van der Waals surface area (Å²) in [6, 6.07) is 14.1. The smallest absolute Gasteiger partial charge is 0.237 e. The Morgan fingerprint density at radius 1 is 1.32 bits per heavy atom. The van der Waals surface area contributed by atoms with Gasteiger partial charge in [-0.15, -0.1) is 0 Å². The third-order valence-electron chi connectivity index (χ3n) is 3.51. The fourth-order valence-electron chi connectivity index (χ4n) is 2.38. The van der Waals surface area contributed by atoms with Gasteiger partial charge in [0.15, 0.2) is 0 Å². The number of nitrogens with one attached hydrogen (secondary N) is 1. The van der Waals surface area contributed by atoms with Crippen LogP contribution in [0.3, 0.4) is 0 Å². The highest BCUT2D eigenvalue weighted by molar-refractivity contribution is 8.39. The average molecular weight is 330 g/mol. The van der Waals surface area contributed by atoms with Crippen LogP contribution in [-0.4, -0.2) is 27.8 Å². The minimum Gasteiger partial charge on any atom is -0.325 e. The Labute approximate surface area is 139 Å². The third-order valence-corrected chi connectivity index (χ3v) is 6.08. The second-order valence-corrected chi connectivity index (χ2v) is 7.56. The maximum Gasteiger partial charge on any atom is 0.237 e. The first-order valence-corrected chi connectivity index (χ1v) is 9.27. The van der Waals surface area contributed by atoms with Gasteiger partial charge in [0.05, 0.1) is 11.8 Å². The van der Waals surface area contributed by atoms with E-state index in [-0.39, 0.29) is 11.2 Å². The lowest BCUT2D eigenvalue weighted by atomic mass is 10.1. The van der Waals surface area contributed by atoms with Gasteiger partial charge in [0.1, 0.15) is 4.38 Å². The van der Waals surface area contributed by atoms with Crippen LogP contribution in [0.15, 0.2) is 47.5 Å². The molecule has 0 fully saturated rings. The molecule has 5 heteroatoms. The zero-order chi connectivity index (χ0) is 15.4. The highest BCUT2D eigenvalue weighted by atomic mass is 32.2. The molecule has 0 saturated heterocycles. The molecule has 3 nitrogen and oxygen atoms in total. The van der Waals surface area contributed by atoms with Crippen molar-refractivity contribution in [3.8, 4) is 0 Å². The van der Waals surface area contributed by atoms with Crippen molar-refractivity contribution in [2.45, 2.75) is 18.6 Å². The van der Waals surface area contributed by atoms with Gasteiger partial charge in [0.2, 0.25) is 5.91 Å². The number of hydrogen-bond donors (Lipinski definition) is 1. The lowest BCUT2D eigenvalue weighted by molar-refractivity contribution is -0.115. The largest absolute Gasteiger partial charge is 0.325 e. The zero-order valence-electron chi connectivity index (χ0n) is 12.4. The molecule has 1 N–H and O–H groups in total. The molecule has 1 unspecified atom stereocenters. The molecule has 0 radical (unpaired) electrons. The van der Waals surface area contributed by atoms with E-state index in [1.54, 1.807) is 23.5 Å². The van der Waals surface area contributed by atoms with E-state index in [4.69, 9.17) is 0 Å². The first-order valence-electron chi connectivity index (χ1n) is 7.40. The molecule has 0 spiro atoms. The van der Waals surface area contributed by atoms with Crippen molar-refractivity contribution in [2.24, 2.45) is 4.99 Å². The number of thioether (sulfide) groups is 2. The van der Waals surface area contributed by atoms with Crippen molar-refractivity contribution < 1.29 is 4.79 Å². The molecule has 0 aromatic heterocycles. The quantitative estimate of drug-likeness (QED) is 0.904. The number of hydrogen-bond acceptors (Lipinski definition) is 4. The van der Waals surface area contributed by atoms with Gasteiger partial charge in [-0.05, 0) is 17.9 Å². The Morgan fingerprint density at radius 3 is 2.91 bits per heavy atom. The van der Waals surface area contributed by atoms with Gasteiger partial charge in [-0.3, -0.25) is 9.79 Å². The van der Waals surface area contributed by atoms with Crippen molar-refractivity contribution in [1.82, 2.24) is 0 Å². The number of anilines is 1. The standard InChI is InChI=1S/C17H18N2OS2/c1-2-15(22-17-18-10-11-21-17)16(20)19-14-9-5-7-12-6-3-4-8-13(12)14/h3-9,15H,2,10-11H2,1H3,(H,19,20). The molecule has 0 aliphatic carbocycles. The minimum absolute atomic E-state index is 0.0547. The predicted molar refractivity (Wildman–Crippen MR) is 99.0 cm³/mol. The van der Waals surface area contributed by atoms with E-state index in [9.17, 15) is 4.79 Å². The maximum atomic E-state index is 12.6. The Morgan fingerprint density at radius 2 is 2.14 bits per heavy atom. The Bertz CT molecular complexity index is 709. The first-order chi connectivity index (χ1) is 10.8. The van der Waals surface area contributed by atoms with Crippen molar-refractivity contribution >= 4 is 50.3 Å². The number of aliphatic imine (C=N–C) groups is 1. The number of nitrogens with zero attached hydrogens (tertiary/aromatic N) is 1.